The molecular weight excluding hydrogens is 480 g/mol. The molecule has 0 bridgehead atoms. The van der Waals surface area contributed by atoms with E-state index in [4.69, 9.17) is 4.42 Å². The number of aromatic amines is 1. The maximum absolute atomic E-state index is 14.3. The third kappa shape index (κ3) is 4.29. The summed E-state index contributed by atoms with van der Waals surface area (Å²) in [5, 5.41) is 4.01. The van der Waals surface area contributed by atoms with Crippen LogP contribution in [0.3, 0.4) is 0 Å². The molecule has 0 spiro atoms. The number of nitrogens with zero attached hydrogens (tertiary/aromatic N) is 2. The van der Waals surface area contributed by atoms with Gasteiger partial charge in [-0.25, -0.2) is 0 Å². The number of hydrogen-bond donors (Lipinski definition) is 2. The predicted octanol–water partition coefficient (Wildman–Crippen LogP) is 4.35. The molecule has 0 radical (unpaired) electrons. The topological polar surface area (TPSA) is 98.7 Å². The Hall–Kier alpha value is -3.55. The minimum Gasteiger partial charge on any atom is -0.467 e. The fraction of sp³-hybridized carbons (Fsp3) is 0.500. The Labute approximate surface area is 223 Å². The molecule has 1 unspecified atom stereocenters. The number of piperidine rings is 1. The van der Waals surface area contributed by atoms with Crippen molar-refractivity contribution in [3.05, 3.63) is 59.7 Å². The summed E-state index contributed by atoms with van der Waals surface area (Å²) in [6.45, 7) is 10.9. The van der Waals surface area contributed by atoms with Crippen LogP contribution in [0.15, 0.2) is 47.1 Å². The monoisotopic (exact) mass is 518 g/mol. The lowest BCUT2D eigenvalue weighted by atomic mass is 9.67. The number of carbonyl (C=O) groups is 3. The Balaban J connectivity index is 1.52. The minimum absolute atomic E-state index is 0.0120. The van der Waals surface area contributed by atoms with E-state index < -0.39 is 17.4 Å². The summed E-state index contributed by atoms with van der Waals surface area (Å²) in [5.74, 6) is -0.652. The van der Waals surface area contributed by atoms with E-state index in [0.717, 1.165) is 16.6 Å². The van der Waals surface area contributed by atoms with Crippen molar-refractivity contribution in [1.29, 1.82) is 0 Å². The van der Waals surface area contributed by atoms with Crippen LogP contribution < -0.4 is 5.32 Å². The first-order valence-corrected chi connectivity index (χ1v) is 13.7. The van der Waals surface area contributed by atoms with Gasteiger partial charge in [0.15, 0.2) is 0 Å². The van der Waals surface area contributed by atoms with E-state index in [1.807, 2.05) is 62.6 Å². The highest BCUT2D eigenvalue weighted by Gasteiger charge is 2.57. The summed E-state index contributed by atoms with van der Waals surface area (Å²) < 4.78 is 5.31. The summed E-state index contributed by atoms with van der Waals surface area (Å²) in [7, 11) is 0. The molecule has 1 aromatic carbocycles. The van der Waals surface area contributed by atoms with Crippen molar-refractivity contribution < 1.29 is 18.8 Å². The standard InChI is InChI=1S/C30H38N4O4/c1-18(2)34(19(3)4)29(37)24-15-20(16-26(35)31-17-21-9-8-14-38-21)28(36)33-13-12-23-22-10-6-7-11-25(22)32-27(23)30(24,33)5/h6-11,14,18-20,24,32H,12-13,15-17H2,1-5H3,(H,31,35)/t20?,24-,30+/m1/s1. The van der Waals surface area contributed by atoms with Crippen LogP contribution in [0.25, 0.3) is 10.9 Å². The van der Waals surface area contributed by atoms with Gasteiger partial charge in [0.25, 0.3) is 0 Å². The van der Waals surface area contributed by atoms with Gasteiger partial charge in [-0.3, -0.25) is 14.4 Å². The van der Waals surface area contributed by atoms with Gasteiger partial charge in [0, 0.05) is 47.6 Å². The predicted molar refractivity (Wildman–Crippen MR) is 145 cm³/mol. The lowest BCUT2D eigenvalue weighted by Gasteiger charge is -2.54. The highest BCUT2D eigenvalue weighted by atomic mass is 16.3. The first-order valence-electron chi connectivity index (χ1n) is 13.7. The van der Waals surface area contributed by atoms with E-state index in [1.165, 1.54) is 5.56 Å². The number of furan rings is 1. The summed E-state index contributed by atoms with van der Waals surface area (Å²) in [5.41, 5.74) is 2.32. The molecule has 2 N–H and O–H groups in total. The zero-order valence-electron chi connectivity index (χ0n) is 22.9. The molecule has 2 aliphatic heterocycles. The van der Waals surface area contributed by atoms with Crippen molar-refractivity contribution in [1.82, 2.24) is 20.1 Å². The number of amides is 3. The number of para-hydroxylation sites is 1. The van der Waals surface area contributed by atoms with Crippen LogP contribution in [-0.4, -0.2) is 51.1 Å². The molecule has 202 valence electrons. The van der Waals surface area contributed by atoms with Crippen LogP contribution in [0.1, 0.15) is 64.5 Å². The van der Waals surface area contributed by atoms with Gasteiger partial charge in [-0.2, -0.15) is 0 Å². The van der Waals surface area contributed by atoms with Gasteiger partial charge < -0.3 is 24.5 Å². The molecule has 1 fully saturated rings. The molecule has 38 heavy (non-hydrogen) atoms. The zero-order valence-corrected chi connectivity index (χ0v) is 22.9. The van der Waals surface area contributed by atoms with Crippen LogP contribution in [0.4, 0.5) is 0 Å². The lowest BCUT2D eigenvalue weighted by molar-refractivity contribution is -0.166. The van der Waals surface area contributed by atoms with Gasteiger partial charge >= 0.3 is 0 Å². The molecule has 0 saturated carbocycles. The van der Waals surface area contributed by atoms with Crippen molar-refractivity contribution in [3.63, 3.8) is 0 Å². The third-order valence-corrected chi connectivity index (χ3v) is 8.42. The number of fused-ring (bicyclic) bond motifs is 5. The minimum atomic E-state index is -0.829. The van der Waals surface area contributed by atoms with Gasteiger partial charge in [0.05, 0.1) is 24.3 Å². The molecule has 8 heteroatoms. The van der Waals surface area contributed by atoms with E-state index >= 15 is 0 Å². The quantitative estimate of drug-likeness (QED) is 0.486. The Morgan fingerprint density at radius 1 is 1.16 bits per heavy atom. The van der Waals surface area contributed by atoms with Crippen molar-refractivity contribution in [2.75, 3.05) is 6.54 Å². The molecule has 2 aliphatic rings. The Bertz CT molecular complexity index is 1330. The fourth-order valence-corrected chi connectivity index (χ4v) is 6.71. The van der Waals surface area contributed by atoms with Crippen LogP contribution in [0, 0.1) is 11.8 Å². The maximum Gasteiger partial charge on any atom is 0.228 e. The smallest absolute Gasteiger partial charge is 0.228 e. The normalized spacial score (nSPS) is 23.0. The summed E-state index contributed by atoms with van der Waals surface area (Å²) in [4.78, 5) is 48.6. The molecule has 1 saturated heterocycles. The molecule has 5 rings (SSSR count). The first kappa shape index (κ1) is 26.1. The van der Waals surface area contributed by atoms with E-state index in [1.54, 1.807) is 18.4 Å². The van der Waals surface area contributed by atoms with E-state index in [2.05, 4.69) is 16.4 Å². The van der Waals surface area contributed by atoms with E-state index in [9.17, 15) is 14.4 Å². The van der Waals surface area contributed by atoms with Crippen LogP contribution in [-0.2, 0) is 32.9 Å². The molecule has 3 atom stereocenters. The second-order valence-corrected chi connectivity index (χ2v) is 11.4. The number of carbonyl (C=O) groups excluding carboxylic acids is 3. The number of aromatic nitrogens is 1. The maximum atomic E-state index is 14.3. The lowest BCUT2D eigenvalue weighted by Crippen LogP contribution is -2.65. The summed E-state index contributed by atoms with van der Waals surface area (Å²) >= 11 is 0. The molecule has 0 aliphatic carbocycles. The molecule has 3 aromatic rings. The molecule has 3 amide bonds. The largest absolute Gasteiger partial charge is 0.467 e. The van der Waals surface area contributed by atoms with Crippen molar-refractivity contribution in [3.8, 4) is 0 Å². The second-order valence-electron chi connectivity index (χ2n) is 11.4. The van der Waals surface area contributed by atoms with E-state index in [0.29, 0.717) is 25.1 Å². The third-order valence-electron chi connectivity index (χ3n) is 8.42. The van der Waals surface area contributed by atoms with Crippen molar-refractivity contribution in [2.24, 2.45) is 11.8 Å². The molecule has 2 aromatic heterocycles. The second kappa shape index (κ2) is 9.97. The molecule has 8 nitrogen and oxygen atoms in total. The van der Waals surface area contributed by atoms with Crippen LogP contribution >= 0.6 is 0 Å². The van der Waals surface area contributed by atoms with Gasteiger partial charge in [-0.05, 0) is 71.2 Å². The number of benzene rings is 1. The van der Waals surface area contributed by atoms with E-state index in [-0.39, 0.29) is 42.8 Å². The zero-order chi connectivity index (χ0) is 27.2. The van der Waals surface area contributed by atoms with Gasteiger partial charge in [-0.1, -0.05) is 18.2 Å². The van der Waals surface area contributed by atoms with Gasteiger partial charge in [0.2, 0.25) is 17.7 Å². The first-order chi connectivity index (χ1) is 18.1. The summed E-state index contributed by atoms with van der Waals surface area (Å²) in [6, 6.07) is 11.8. The SMILES string of the molecule is CC(C)N(C(=O)[C@H]1CC(CC(=O)NCc2ccco2)C(=O)N2CCc3c([nH]c4ccccc34)[C@]12C)C(C)C. The fourth-order valence-electron chi connectivity index (χ4n) is 6.71. The van der Waals surface area contributed by atoms with Gasteiger partial charge in [-0.15, -0.1) is 0 Å². The van der Waals surface area contributed by atoms with Crippen LogP contribution in [0.5, 0.6) is 0 Å². The molecular formula is C30H38N4O4. The average molecular weight is 519 g/mol. The Kier molecular flexibility index (Phi) is 6.84. The summed E-state index contributed by atoms with van der Waals surface area (Å²) in [6.07, 6.45) is 2.63. The van der Waals surface area contributed by atoms with Crippen LogP contribution in [0.2, 0.25) is 0 Å². The number of nitrogens with one attached hydrogen (secondary N) is 2. The number of hydrogen-bond acceptors (Lipinski definition) is 4. The highest BCUT2D eigenvalue weighted by Crippen LogP contribution is 2.50. The molecule has 4 heterocycles. The average Bonchev–Trinajstić information content (AvgIpc) is 3.52. The number of H-pyrrole nitrogens is 1. The Morgan fingerprint density at radius 3 is 2.58 bits per heavy atom. The number of rotatable bonds is 7. The highest BCUT2D eigenvalue weighted by molar-refractivity contribution is 5.93. The van der Waals surface area contributed by atoms with Crippen molar-refractivity contribution in [2.45, 2.75) is 78.0 Å². The van der Waals surface area contributed by atoms with Gasteiger partial charge in [0.1, 0.15) is 5.76 Å². The Morgan fingerprint density at radius 2 is 1.89 bits per heavy atom. The van der Waals surface area contributed by atoms with Crippen molar-refractivity contribution >= 4 is 28.6 Å².